The van der Waals surface area contributed by atoms with Crippen LogP contribution in [-0.2, 0) is 10.1 Å². The minimum absolute atomic E-state index is 0.0666. The Hall–Kier alpha value is -1.42. The molecular weight excluding hydrogens is 384 g/mol. The van der Waals surface area contributed by atoms with Gasteiger partial charge in [-0.1, -0.05) is 76.0 Å². The Kier molecular flexibility index (Phi) is 13.8. The molecule has 0 aliphatic carbocycles. The fraction of sp³-hybridized carbons (Fsp3) is 0.696. The number of nitrogens with two attached hydrogens (primary N) is 1. The molecule has 0 saturated heterocycles. The molecule has 0 saturated carbocycles. The molecule has 0 spiro atoms. The van der Waals surface area contributed by atoms with Crippen molar-refractivity contribution >= 4 is 10.1 Å². The minimum atomic E-state index is -4.02. The van der Waals surface area contributed by atoms with Gasteiger partial charge in [-0.25, -0.2) is 0 Å². The largest absolute Gasteiger partial charge is 0.325 e. The summed E-state index contributed by atoms with van der Waals surface area (Å²) in [6, 6.07) is 8.26. The Balaban J connectivity index is 0.000000604. The average molecular weight is 425 g/mol. The summed E-state index contributed by atoms with van der Waals surface area (Å²) >= 11 is 0. The molecular formula is C23H40N2O3S. The molecule has 3 N–H and O–H groups in total. The SMILES string of the molecule is CCCCCCCCCCC(CC#N)C(C)(C)N.Cc1ccc(S(=O)(=O)O)cc1. The molecule has 0 radical (unpaired) electrons. The molecule has 5 nitrogen and oxygen atoms in total. The van der Waals surface area contributed by atoms with Crippen LogP contribution >= 0.6 is 0 Å². The third kappa shape index (κ3) is 14.2. The molecule has 0 fully saturated rings. The lowest BCUT2D eigenvalue weighted by Gasteiger charge is -2.28. The quantitative estimate of drug-likeness (QED) is 0.315. The van der Waals surface area contributed by atoms with Crippen LogP contribution in [0.1, 0.15) is 90.5 Å². The monoisotopic (exact) mass is 424 g/mol. The van der Waals surface area contributed by atoms with Crippen molar-refractivity contribution in [2.24, 2.45) is 11.7 Å². The van der Waals surface area contributed by atoms with Gasteiger partial charge in [-0.3, -0.25) is 4.55 Å². The molecule has 0 aliphatic heterocycles. The second kappa shape index (κ2) is 14.5. The molecule has 1 aromatic rings. The van der Waals surface area contributed by atoms with Crippen molar-refractivity contribution in [3.05, 3.63) is 29.8 Å². The van der Waals surface area contributed by atoms with Gasteiger partial charge >= 0.3 is 0 Å². The Morgan fingerprint density at radius 2 is 1.52 bits per heavy atom. The lowest BCUT2D eigenvalue weighted by Crippen LogP contribution is -2.40. The molecule has 29 heavy (non-hydrogen) atoms. The summed E-state index contributed by atoms with van der Waals surface area (Å²) in [5, 5.41) is 8.82. The third-order valence-corrected chi connectivity index (χ3v) is 5.98. The maximum atomic E-state index is 10.5. The number of aryl methyl sites for hydroxylation is 1. The summed E-state index contributed by atoms with van der Waals surface area (Å²) in [5.41, 5.74) is 6.85. The van der Waals surface area contributed by atoms with E-state index >= 15 is 0 Å². The molecule has 1 rings (SSSR count). The normalized spacial score (nSPS) is 12.6. The first kappa shape index (κ1) is 27.6. The molecule has 166 valence electrons. The van der Waals surface area contributed by atoms with Crippen LogP contribution in [0.5, 0.6) is 0 Å². The summed E-state index contributed by atoms with van der Waals surface area (Å²) < 4.78 is 29.6. The van der Waals surface area contributed by atoms with E-state index in [-0.39, 0.29) is 10.4 Å². The number of nitrogens with zero attached hydrogens (tertiary/aromatic N) is 1. The van der Waals surface area contributed by atoms with E-state index in [2.05, 4.69) is 13.0 Å². The number of benzene rings is 1. The Morgan fingerprint density at radius 3 is 1.93 bits per heavy atom. The molecule has 1 atom stereocenters. The summed E-state index contributed by atoms with van der Waals surface area (Å²) in [7, 11) is -4.02. The van der Waals surface area contributed by atoms with Gasteiger partial charge in [-0.05, 0) is 45.2 Å². The number of hydrogen-bond acceptors (Lipinski definition) is 4. The summed E-state index contributed by atoms with van der Waals surface area (Å²) in [6.07, 6.45) is 12.4. The second-order valence-corrected chi connectivity index (χ2v) is 9.85. The van der Waals surface area contributed by atoms with Gasteiger partial charge in [-0.15, -0.1) is 0 Å². The van der Waals surface area contributed by atoms with Crippen LogP contribution in [0.2, 0.25) is 0 Å². The van der Waals surface area contributed by atoms with Gasteiger partial charge < -0.3 is 5.73 Å². The fourth-order valence-electron chi connectivity index (χ4n) is 3.08. The standard InChI is InChI=1S/C16H32N2.C7H8O3S/c1-4-5-6-7-8-9-10-11-12-15(13-14-17)16(2,3)18;1-6-2-4-7(5-3-6)11(8,9)10/h15H,4-13,18H2,1-3H3;2-5H,1H3,(H,8,9,10). The highest BCUT2D eigenvalue weighted by molar-refractivity contribution is 7.85. The first-order chi connectivity index (χ1) is 13.5. The van der Waals surface area contributed by atoms with E-state index in [1.165, 1.54) is 63.5 Å². The van der Waals surface area contributed by atoms with Crippen LogP contribution in [-0.4, -0.2) is 18.5 Å². The number of nitriles is 1. The lowest BCUT2D eigenvalue weighted by atomic mass is 9.82. The zero-order valence-electron chi connectivity index (χ0n) is 18.7. The predicted octanol–water partition coefficient (Wildman–Crippen LogP) is 6.03. The van der Waals surface area contributed by atoms with Crippen molar-refractivity contribution in [1.82, 2.24) is 0 Å². The van der Waals surface area contributed by atoms with Crippen LogP contribution in [0.3, 0.4) is 0 Å². The first-order valence-electron chi connectivity index (χ1n) is 10.7. The number of unbranched alkanes of at least 4 members (excludes halogenated alkanes) is 7. The zero-order chi connectivity index (χ0) is 22.3. The molecule has 1 aromatic carbocycles. The van der Waals surface area contributed by atoms with Gasteiger partial charge in [0.2, 0.25) is 0 Å². The van der Waals surface area contributed by atoms with E-state index in [0.717, 1.165) is 12.0 Å². The topological polar surface area (TPSA) is 104 Å². The van der Waals surface area contributed by atoms with Crippen molar-refractivity contribution < 1.29 is 13.0 Å². The summed E-state index contributed by atoms with van der Waals surface area (Å²) in [4.78, 5) is -0.0666. The van der Waals surface area contributed by atoms with Crippen molar-refractivity contribution in [2.75, 3.05) is 0 Å². The van der Waals surface area contributed by atoms with E-state index < -0.39 is 10.1 Å². The second-order valence-electron chi connectivity index (χ2n) is 8.43. The first-order valence-corrected chi connectivity index (χ1v) is 12.2. The summed E-state index contributed by atoms with van der Waals surface area (Å²) in [5.74, 6) is 0.350. The molecule has 6 heteroatoms. The smallest absolute Gasteiger partial charge is 0.294 e. The van der Waals surface area contributed by atoms with Gasteiger partial charge in [0, 0.05) is 12.0 Å². The summed E-state index contributed by atoms with van der Waals surface area (Å²) in [6.45, 7) is 8.18. The Morgan fingerprint density at radius 1 is 1.03 bits per heavy atom. The third-order valence-electron chi connectivity index (χ3n) is 5.11. The van der Waals surface area contributed by atoms with Gasteiger partial charge in [0.25, 0.3) is 10.1 Å². The number of hydrogen-bond donors (Lipinski definition) is 2. The van der Waals surface area contributed by atoms with Crippen LogP contribution in [0, 0.1) is 24.2 Å². The molecule has 0 heterocycles. The van der Waals surface area contributed by atoms with Gasteiger partial charge in [0.1, 0.15) is 0 Å². The van der Waals surface area contributed by atoms with E-state index in [1.807, 2.05) is 20.8 Å². The van der Waals surface area contributed by atoms with Crippen molar-refractivity contribution in [3.8, 4) is 6.07 Å². The van der Waals surface area contributed by atoms with E-state index in [4.69, 9.17) is 15.5 Å². The van der Waals surface area contributed by atoms with Crippen molar-refractivity contribution in [1.29, 1.82) is 5.26 Å². The van der Waals surface area contributed by atoms with Crippen LogP contribution in [0.4, 0.5) is 0 Å². The molecule has 0 bridgehead atoms. The van der Waals surface area contributed by atoms with Crippen molar-refractivity contribution in [3.63, 3.8) is 0 Å². The fourth-order valence-corrected chi connectivity index (χ4v) is 3.56. The Bertz CT molecular complexity index is 686. The van der Waals surface area contributed by atoms with Crippen LogP contribution in [0.25, 0.3) is 0 Å². The maximum absolute atomic E-state index is 10.5. The van der Waals surface area contributed by atoms with Crippen LogP contribution in [0.15, 0.2) is 29.2 Å². The zero-order valence-corrected chi connectivity index (χ0v) is 19.5. The molecule has 0 aromatic heterocycles. The van der Waals surface area contributed by atoms with Crippen molar-refractivity contribution in [2.45, 2.75) is 102 Å². The highest BCUT2D eigenvalue weighted by atomic mass is 32.2. The molecule has 1 unspecified atom stereocenters. The highest BCUT2D eigenvalue weighted by Crippen LogP contribution is 2.24. The lowest BCUT2D eigenvalue weighted by molar-refractivity contribution is 0.296. The highest BCUT2D eigenvalue weighted by Gasteiger charge is 2.24. The number of rotatable bonds is 12. The minimum Gasteiger partial charge on any atom is -0.325 e. The Labute approximate surface area is 178 Å². The average Bonchev–Trinajstić information content (AvgIpc) is 2.62. The maximum Gasteiger partial charge on any atom is 0.294 e. The van der Waals surface area contributed by atoms with Gasteiger partial charge in [0.15, 0.2) is 0 Å². The van der Waals surface area contributed by atoms with Gasteiger partial charge in [0.05, 0.1) is 11.0 Å². The molecule has 0 amide bonds. The predicted molar refractivity (Wildman–Crippen MR) is 120 cm³/mol. The van der Waals surface area contributed by atoms with E-state index in [1.54, 1.807) is 12.1 Å². The van der Waals surface area contributed by atoms with Crippen LogP contribution < -0.4 is 5.73 Å². The van der Waals surface area contributed by atoms with E-state index in [0.29, 0.717) is 12.3 Å². The molecule has 0 aliphatic rings. The van der Waals surface area contributed by atoms with Gasteiger partial charge in [-0.2, -0.15) is 13.7 Å². The van der Waals surface area contributed by atoms with E-state index in [9.17, 15) is 8.42 Å².